The largest absolute Gasteiger partial charge is 0.393 e. The van der Waals surface area contributed by atoms with Crippen LogP contribution < -0.4 is 0 Å². The zero-order valence-corrected chi connectivity index (χ0v) is 14.9. The van der Waals surface area contributed by atoms with Crippen molar-refractivity contribution >= 4 is 16.8 Å². The van der Waals surface area contributed by atoms with Crippen molar-refractivity contribution < 1.29 is 14.6 Å². The molecule has 1 aromatic heterocycles. The molecule has 5 nitrogen and oxygen atoms in total. The summed E-state index contributed by atoms with van der Waals surface area (Å²) in [5, 5.41) is 11.4. The molecule has 2 aliphatic rings. The number of amides is 1. The summed E-state index contributed by atoms with van der Waals surface area (Å²) < 4.78 is 5.64. The van der Waals surface area contributed by atoms with Crippen molar-refractivity contribution in [3.05, 3.63) is 35.0 Å². The number of aliphatic hydroxyl groups excluding tert-OH is 1. The van der Waals surface area contributed by atoms with Crippen LogP contribution in [0.15, 0.2) is 18.2 Å². The zero-order valence-electron chi connectivity index (χ0n) is 14.9. The standard InChI is InChI=1S/C20H26N2O3/c1-12-13(2)21-17-7-6-14(10-16(12)17)20(24)22-8-9-25-11-18(22)15-4-3-5-19(15)23/h6-7,10,15,18-19,21,23H,3-5,8-9,11H2,1-2H3/t15-,18+,19+/m0/s1. The van der Waals surface area contributed by atoms with Crippen LogP contribution in [0.5, 0.6) is 0 Å². The van der Waals surface area contributed by atoms with E-state index in [0.29, 0.717) is 25.3 Å². The Labute approximate surface area is 148 Å². The molecule has 2 aromatic rings. The molecular weight excluding hydrogens is 316 g/mol. The van der Waals surface area contributed by atoms with Gasteiger partial charge in [0.15, 0.2) is 0 Å². The maximum absolute atomic E-state index is 13.2. The lowest BCUT2D eigenvalue weighted by Crippen LogP contribution is -2.53. The fourth-order valence-electron chi connectivity index (χ4n) is 4.41. The van der Waals surface area contributed by atoms with Crippen LogP contribution >= 0.6 is 0 Å². The van der Waals surface area contributed by atoms with Gasteiger partial charge in [0.2, 0.25) is 0 Å². The first-order valence-electron chi connectivity index (χ1n) is 9.22. The second-order valence-electron chi connectivity index (χ2n) is 7.44. The number of nitrogens with zero attached hydrogens (tertiary/aromatic N) is 1. The summed E-state index contributed by atoms with van der Waals surface area (Å²) in [5.41, 5.74) is 4.11. The maximum Gasteiger partial charge on any atom is 0.254 e. The van der Waals surface area contributed by atoms with Gasteiger partial charge in [0, 0.05) is 34.6 Å². The molecule has 2 fully saturated rings. The third kappa shape index (κ3) is 2.85. The molecule has 134 valence electrons. The highest BCUT2D eigenvalue weighted by molar-refractivity contribution is 5.99. The van der Waals surface area contributed by atoms with Crippen molar-refractivity contribution in [2.45, 2.75) is 45.3 Å². The van der Waals surface area contributed by atoms with Gasteiger partial charge >= 0.3 is 0 Å². The SMILES string of the molecule is Cc1[nH]c2ccc(C(=O)N3CCOC[C@@H]3[C@@H]3CCC[C@H]3O)cc2c1C. The topological polar surface area (TPSA) is 65.6 Å². The number of fused-ring (bicyclic) bond motifs is 1. The van der Waals surface area contributed by atoms with Crippen molar-refractivity contribution in [1.82, 2.24) is 9.88 Å². The van der Waals surface area contributed by atoms with Crippen LogP contribution in [-0.4, -0.2) is 52.8 Å². The minimum absolute atomic E-state index is 0.0245. The molecule has 1 aliphatic carbocycles. The van der Waals surface area contributed by atoms with Gasteiger partial charge in [0.1, 0.15) is 0 Å². The Morgan fingerprint density at radius 1 is 1.32 bits per heavy atom. The van der Waals surface area contributed by atoms with Crippen molar-refractivity contribution in [2.75, 3.05) is 19.8 Å². The van der Waals surface area contributed by atoms with E-state index in [2.05, 4.69) is 18.8 Å². The van der Waals surface area contributed by atoms with E-state index in [1.54, 1.807) is 0 Å². The molecular formula is C20H26N2O3. The highest BCUT2D eigenvalue weighted by Gasteiger charge is 2.39. The van der Waals surface area contributed by atoms with E-state index in [0.717, 1.165) is 35.9 Å². The number of aromatic nitrogens is 1. The number of ether oxygens (including phenoxy) is 1. The number of aromatic amines is 1. The van der Waals surface area contributed by atoms with Crippen LogP contribution in [-0.2, 0) is 4.74 Å². The first-order valence-corrected chi connectivity index (χ1v) is 9.22. The van der Waals surface area contributed by atoms with Crippen molar-refractivity contribution in [2.24, 2.45) is 5.92 Å². The van der Waals surface area contributed by atoms with Crippen LogP contribution in [0.25, 0.3) is 10.9 Å². The van der Waals surface area contributed by atoms with Crippen molar-refractivity contribution in [3.63, 3.8) is 0 Å². The van der Waals surface area contributed by atoms with Gasteiger partial charge in [-0.3, -0.25) is 4.79 Å². The lowest BCUT2D eigenvalue weighted by Gasteiger charge is -2.40. The summed E-state index contributed by atoms with van der Waals surface area (Å²) in [6, 6.07) is 5.86. The quantitative estimate of drug-likeness (QED) is 0.882. The van der Waals surface area contributed by atoms with Gasteiger partial charge in [-0.25, -0.2) is 0 Å². The summed E-state index contributed by atoms with van der Waals surface area (Å²) >= 11 is 0. The fraction of sp³-hybridized carbons (Fsp3) is 0.550. The lowest BCUT2D eigenvalue weighted by atomic mass is 9.93. The van der Waals surface area contributed by atoms with E-state index in [-0.39, 0.29) is 24.0 Å². The molecule has 0 unspecified atom stereocenters. The van der Waals surface area contributed by atoms with Crippen molar-refractivity contribution in [3.8, 4) is 0 Å². The monoisotopic (exact) mass is 342 g/mol. The molecule has 4 rings (SSSR count). The number of rotatable bonds is 2. The predicted octanol–water partition coefficient (Wildman–Crippen LogP) is 2.79. The molecule has 5 heteroatoms. The Morgan fingerprint density at radius 2 is 2.16 bits per heavy atom. The van der Waals surface area contributed by atoms with Crippen LogP contribution in [0.1, 0.15) is 40.9 Å². The van der Waals surface area contributed by atoms with Crippen LogP contribution in [0.2, 0.25) is 0 Å². The Hall–Kier alpha value is -1.85. The number of aryl methyl sites for hydroxylation is 2. The van der Waals surface area contributed by atoms with Gasteiger partial charge in [-0.1, -0.05) is 6.42 Å². The van der Waals surface area contributed by atoms with E-state index < -0.39 is 0 Å². The number of nitrogens with one attached hydrogen (secondary N) is 1. The van der Waals surface area contributed by atoms with Crippen LogP contribution in [0, 0.1) is 19.8 Å². The Bertz CT molecular complexity index is 798. The van der Waals surface area contributed by atoms with Gasteiger partial charge in [0.25, 0.3) is 5.91 Å². The number of carbonyl (C=O) groups excluding carboxylic acids is 1. The highest BCUT2D eigenvalue weighted by Crippen LogP contribution is 2.33. The summed E-state index contributed by atoms with van der Waals surface area (Å²) in [5.74, 6) is 0.178. The van der Waals surface area contributed by atoms with E-state index in [1.165, 1.54) is 5.56 Å². The Kier molecular flexibility index (Phi) is 4.29. The number of hydrogen-bond acceptors (Lipinski definition) is 3. The van der Waals surface area contributed by atoms with Crippen molar-refractivity contribution in [1.29, 1.82) is 0 Å². The zero-order chi connectivity index (χ0) is 17.6. The summed E-state index contributed by atoms with van der Waals surface area (Å²) in [6.07, 6.45) is 2.50. The number of hydrogen-bond donors (Lipinski definition) is 2. The smallest absolute Gasteiger partial charge is 0.254 e. The van der Waals surface area contributed by atoms with Crippen LogP contribution in [0.3, 0.4) is 0 Å². The highest BCUT2D eigenvalue weighted by atomic mass is 16.5. The van der Waals surface area contributed by atoms with Crippen LogP contribution in [0.4, 0.5) is 0 Å². The third-order valence-electron chi connectivity index (χ3n) is 6.01. The molecule has 0 radical (unpaired) electrons. The molecule has 0 spiro atoms. The molecule has 3 atom stereocenters. The van der Waals surface area contributed by atoms with E-state index in [9.17, 15) is 9.90 Å². The molecule has 1 amide bonds. The lowest BCUT2D eigenvalue weighted by molar-refractivity contribution is -0.0383. The second-order valence-corrected chi connectivity index (χ2v) is 7.44. The fourth-order valence-corrected chi connectivity index (χ4v) is 4.41. The average Bonchev–Trinajstić information content (AvgIpc) is 3.17. The van der Waals surface area contributed by atoms with E-state index in [1.807, 2.05) is 23.1 Å². The molecule has 1 saturated heterocycles. The molecule has 1 aromatic carbocycles. The average molecular weight is 342 g/mol. The minimum atomic E-state index is -0.320. The number of aliphatic hydroxyl groups is 1. The minimum Gasteiger partial charge on any atom is -0.393 e. The normalized spacial score (nSPS) is 27.2. The van der Waals surface area contributed by atoms with Gasteiger partial charge < -0.3 is 19.7 Å². The summed E-state index contributed by atoms with van der Waals surface area (Å²) in [6.45, 7) is 5.81. The second kappa shape index (κ2) is 6.46. The molecule has 0 bridgehead atoms. The summed E-state index contributed by atoms with van der Waals surface area (Å²) in [7, 11) is 0. The van der Waals surface area contributed by atoms with E-state index in [4.69, 9.17) is 4.74 Å². The number of H-pyrrole nitrogens is 1. The molecule has 25 heavy (non-hydrogen) atoms. The molecule has 1 saturated carbocycles. The summed E-state index contributed by atoms with van der Waals surface area (Å²) in [4.78, 5) is 18.5. The van der Waals surface area contributed by atoms with Gasteiger partial charge in [-0.05, 0) is 50.5 Å². The number of morpholine rings is 1. The predicted molar refractivity (Wildman–Crippen MR) is 96.8 cm³/mol. The van der Waals surface area contributed by atoms with E-state index >= 15 is 0 Å². The molecule has 1 aliphatic heterocycles. The Morgan fingerprint density at radius 3 is 2.92 bits per heavy atom. The van der Waals surface area contributed by atoms with Gasteiger partial charge in [0.05, 0.1) is 25.4 Å². The Balaban J connectivity index is 1.65. The maximum atomic E-state index is 13.2. The number of benzene rings is 1. The number of carbonyl (C=O) groups is 1. The van der Waals surface area contributed by atoms with Gasteiger partial charge in [-0.15, -0.1) is 0 Å². The first-order chi connectivity index (χ1) is 12.1. The first kappa shape index (κ1) is 16.6. The molecule has 2 N–H and O–H groups in total. The van der Waals surface area contributed by atoms with Gasteiger partial charge in [-0.2, -0.15) is 0 Å². The molecule has 2 heterocycles. The third-order valence-corrected chi connectivity index (χ3v) is 6.01.